The largest absolute Gasteiger partial charge is 2.00 e. The Morgan fingerprint density at radius 2 is 0.793 bits per heavy atom. The topological polar surface area (TPSA) is 80.3 Å². The van der Waals surface area contributed by atoms with E-state index in [1.165, 1.54) is 25.7 Å². The summed E-state index contributed by atoms with van der Waals surface area (Å²) >= 11 is 0. The van der Waals surface area contributed by atoms with Crippen LogP contribution in [0, 0.1) is 11.8 Å². The molecule has 0 saturated carbocycles. The van der Waals surface area contributed by atoms with Gasteiger partial charge in [-0.05, 0) is 37.5 Å². The number of rotatable bonds is 18. The van der Waals surface area contributed by atoms with Crippen molar-refractivity contribution in [2.75, 3.05) is 0 Å². The summed E-state index contributed by atoms with van der Waals surface area (Å²) < 4.78 is 0. The fourth-order valence-corrected chi connectivity index (χ4v) is 3.30. The molecule has 2 atom stereocenters. The molecule has 0 bridgehead atoms. The van der Waals surface area contributed by atoms with Gasteiger partial charge in [0.25, 0.3) is 0 Å². The number of carboxylic acids is 2. The second-order valence-electron chi connectivity index (χ2n) is 8.02. The minimum atomic E-state index is -0.852. The smallest absolute Gasteiger partial charge is 0.550 e. The zero-order valence-electron chi connectivity index (χ0n) is 19.4. The van der Waals surface area contributed by atoms with Crippen molar-refractivity contribution >= 4 is 11.9 Å². The predicted molar refractivity (Wildman–Crippen MR) is 114 cm³/mol. The third-order valence-corrected chi connectivity index (χ3v) is 5.29. The van der Waals surface area contributed by atoms with Crippen LogP contribution in [0.15, 0.2) is 0 Å². The van der Waals surface area contributed by atoms with Gasteiger partial charge < -0.3 is 19.8 Å². The summed E-state index contributed by atoms with van der Waals surface area (Å²) in [5, 5.41) is 21.5. The summed E-state index contributed by atoms with van der Waals surface area (Å²) in [5.74, 6) is -2.11. The molecule has 0 heterocycles. The van der Waals surface area contributed by atoms with E-state index >= 15 is 0 Å². The molecular weight excluding hydrogens is 411 g/mol. The van der Waals surface area contributed by atoms with Gasteiger partial charge in [0.05, 0.1) is 0 Å². The van der Waals surface area contributed by atoms with E-state index in [9.17, 15) is 19.8 Å². The number of hydrogen-bond acceptors (Lipinski definition) is 4. The molecular formula is C24H46NiO4. The maximum absolute atomic E-state index is 10.8. The van der Waals surface area contributed by atoms with Crippen molar-refractivity contribution in [1.82, 2.24) is 0 Å². The summed E-state index contributed by atoms with van der Waals surface area (Å²) in [4.78, 5) is 21.5. The Bertz CT molecular complexity index is 327. The molecule has 5 heteroatoms. The first-order chi connectivity index (χ1) is 13.4. The average Bonchev–Trinajstić information content (AvgIpc) is 2.67. The normalized spacial score (nSPS) is 12.3. The molecule has 0 aliphatic heterocycles. The summed E-state index contributed by atoms with van der Waals surface area (Å²) in [5.41, 5.74) is 0. The zero-order chi connectivity index (χ0) is 21.6. The van der Waals surface area contributed by atoms with Gasteiger partial charge in [0.1, 0.15) is 0 Å². The van der Waals surface area contributed by atoms with Crippen LogP contribution in [0.4, 0.5) is 0 Å². The quantitative estimate of drug-likeness (QED) is 0.214. The van der Waals surface area contributed by atoms with Gasteiger partial charge in [-0.25, -0.2) is 0 Å². The Morgan fingerprint density at radius 1 is 0.517 bits per heavy atom. The van der Waals surface area contributed by atoms with Gasteiger partial charge in [-0.1, -0.05) is 105 Å². The molecule has 0 aromatic heterocycles. The zero-order valence-corrected chi connectivity index (χ0v) is 20.4. The molecule has 0 fully saturated rings. The van der Waals surface area contributed by atoms with E-state index in [1.54, 1.807) is 0 Å². The van der Waals surface area contributed by atoms with Crippen molar-refractivity contribution in [3.63, 3.8) is 0 Å². The van der Waals surface area contributed by atoms with E-state index in [0.717, 1.165) is 77.0 Å². The summed E-state index contributed by atoms with van der Waals surface area (Å²) in [6.07, 6.45) is 16.6. The number of hydrogen-bond donors (Lipinski definition) is 0. The predicted octanol–water partition coefficient (Wildman–Crippen LogP) is 5.02. The fourth-order valence-electron chi connectivity index (χ4n) is 3.30. The first kappa shape index (κ1) is 33.1. The molecule has 0 aromatic rings. The second-order valence-corrected chi connectivity index (χ2v) is 8.02. The Labute approximate surface area is 190 Å². The molecule has 4 nitrogen and oxygen atoms in total. The molecule has 0 amide bonds. The van der Waals surface area contributed by atoms with Crippen LogP contribution in [0.3, 0.4) is 0 Å². The van der Waals surface area contributed by atoms with Crippen molar-refractivity contribution in [2.24, 2.45) is 11.8 Å². The summed E-state index contributed by atoms with van der Waals surface area (Å²) in [7, 11) is 0. The van der Waals surface area contributed by atoms with Crippen molar-refractivity contribution in [3.8, 4) is 0 Å². The number of aliphatic carboxylic acids is 2. The molecule has 0 radical (unpaired) electrons. The Balaban J connectivity index is -0.000000451. The van der Waals surface area contributed by atoms with Gasteiger partial charge in [-0.3, -0.25) is 0 Å². The van der Waals surface area contributed by atoms with E-state index < -0.39 is 11.9 Å². The maximum atomic E-state index is 10.8. The third kappa shape index (κ3) is 23.6. The molecule has 0 spiro atoms. The molecule has 29 heavy (non-hydrogen) atoms. The van der Waals surface area contributed by atoms with Crippen LogP contribution in [-0.4, -0.2) is 11.9 Å². The molecule has 0 rings (SSSR count). The standard InChI is InChI=1S/2C12H24O2.Ni/c2*1-3-5-7-8-10-11(12(13)14)9-6-4-2;/h2*11H,3-10H2,1-2H3,(H,13,14);/q;;+2/p-2. The van der Waals surface area contributed by atoms with Gasteiger partial charge in [-0.15, -0.1) is 0 Å². The summed E-state index contributed by atoms with van der Waals surface area (Å²) in [6, 6.07) is 0. The average molecular weight is 457 g/mol. The van der Waals surface area contributed by atoms with Crippen molar-refractivity contribution < 1.29 is 36.3 Å². The Morgan fingerprint density at radius 3 is 1.03 bits per heavy atom. The number of carbonyl (C=O) groups is 2. The van der Waals surface area contributed by atoms with Crippen LogP contribution in [0.5, 0.6) is 0 Å². The van der Waals surface area contributed by atoms with E-state index in [1.807, 2.05) is 0 Å². The fraction of sp³-hybridized carbons (Fsp3) is 0.917. The molecule has 0 N–H and O–H groups in total. The van der Waals surface area contributed by atoms with Crippen molar-refractivity contribution in [1.29, 1.82) is 0 Å². The third-order valence-electron chi connectivity index (χ3n) is 5.29. The Kier molecular flexibility index (Phi) is 29.1. The van der Waals surface area contributed by atoms with Crippen molar-refractivity contribution in [3.05, 3.63) is 0 Å². The molecule has 0 aliphatic rings. The van der Waals surface area contributed by atoms with Crippen LogP contribution < -0.4 is 10.2 Å². The minimum absolute atomic E-state index is 0. The van der Waals surface area contributed by atoms with E-state index in [2.05, 4.69) is 27.7 Å². The van der Waals surface area contributed by atoms with Gasteiger partial charge >= 0.3 is 16.5 Å². The minimum Gasteiger partial charge on any atom is -0.550 e. The molecule has 0 aliphatic carbocycles. The van der Waals surface area contributed by atoms with Crippen LogP contribution >= 0.6 is 0 Å². The van der Waals surface area contributed by atoms with Gasteiger partial charge in [0, 0.05) is 11.9 Å². The number of carbonyl (C=O) groups excluding carboxylic acids is 2. The van der Waals surface area contributed by atoms with Gasteiger partial charge in [-0.2, -0.15) is 0 Å². The van der Waals surface area contributed by atoms with E-state index in [-0.39, 0.29) is 28.3 Å². The SMILES string of the molecule is CCCCCCC(CCCC)C(=O)[O-].CCCCCCC(CCCC)C(=O)[O-].[Ni+2]. The molecule has 2 unspecified atom stereocenters. The van der Waals surface area contributed by atoms with Gasteiger partial charge in [0.15, 0.2) is 0 Å². The van der Waals surface area contributed by atoms with Crippen LogP contribution in [-0.2, 0) is 26.1 Å². The van der Waals surface area contributed by atoms with Gasteiger partial charge in [0.2, 0.25) is 0 Å². The van der Waals surface area contributed by atoms with Crippen molar-refractivity contribution in [2.45, 2.75) is 130 Å². The Hall–Kier alpha value is -0.566. The second kappa shape index (κ2) is 25.5. The molecule has 0 aromatic carbocycles. The summed E-state index contributed by atoms with van der Waals surface area (Å²) in [6.45, 7) is 8.49. The van der Waals surface area contributed by atoms with Crippen LogP contribution in [0.1, 0.15) is 130 Å². The number of carboxylic acid groups (broad SMARTS) is 2. The van der Waals surface area contributed by atoms with E-state index in [0.29, 0.717) is 0 Å². The van der Waals surface area contributed by atoms with Crippen LogP contribution in [0.2, 0.25) is 0 Å². The molecule has 0 saturated heterocycles. The first-order valence-corrected chi connectivity index (χ1v) is 11.9. The van der Waals surface area contributed by atoms with Crippen LogP contribution in [0.25, 0.3) is 0 Å². The maximum Gasteiger partial charge on any atom is 2.00 e. The first-order valence-electron chi connectivity index (χ1n) is 11.9. The monoisotopic (exact) mass is 456 g/mol. The molecule has 176 valence electrons. The number of unbranched alkanes of at least 4 members (excludes halogenated alkanes) is 8. The van der Waals surface area contributed by atoms with E-state index in [4.69, 9.17) is 0 Å².